The molecule has 2 aromatic heterocycles. The number of nitrogen functional groups attached to an aromatic ring is 1. The van der Waals surface area contributed by atoms with Gasteiger partial charge in [0.15, 0.2) is 0 Å². The second-order valence-electron chi connectivity index (χ2n) is 5.48. The third kappa shape index (κ3) is 2.89. The van der Waals surface area contributed by atoms with Gasteiger partial charge in [-0.05, 0) is 25.0 Å². The SMILES string of the molecule is CN(C)CC=Cc1cnc(N)c2c(-c3ccccc3)csc12. The largest absolute Gasteiger partial charge is 0.383 e. The lowest BCUT2D eigenvalue weighted by molar-refractivity contribution is 0.457. The van der Waals surface area contributed by atoms with Crippen LogP contribution in [0.15, 0.2) is 48.0 Å². The molecular weight excluding hydrogens is 290 g/mol. The van der Waals surface area contributed by atoms with Gasteiger partial charge in [0, 0.05) is 34.0 Å². The highest BCUT2D eigenvalue weighted by atomic mass is 32.1. The van der Waals surface area contributed by atoms with Crippen molar-refractivity contribution in [2.24, 2.45) is 0 Å². The fourth-order valence-corrected chi connectivity index (χ4v) is 3.51. The van der Waals surface area contributed by atoms with Crippen LogP contribution in [-0.2, 0) is 0 Å². The van der Waals surface area contributed by atoms with Crippen LogP contribution in [0.4, 0.5) is 5.82 Å². The Labute approximate surface area is 134 Å². The number of rotatable bonds is 4. The van der Waals surface area contributed by atoms with Gasteiger partial charge in [0.2, 0.25) is 0 Å². The van der Waals surface area contributed by atoms with Crippen molar-refractivity contribution in [2.45, 2.75) is 0 Å². The van der Waals surface area contributed by atoms with E-state index in [0.717, 1.165) is 23.1 Å². The van der Waals surface area contributed by atoms with E-state index in [1.54, 1.807) is 11.3 Å². The average Bonchev–Trinajstić information content (AvgIpc) is 2.96. The van der Waals surface area contributed by atoms with Crippen molar-refractivity contribution in [3.05, 3.63) is 53.5 Å². The number of hydrogen-bond donors (Lipinski definition) is 1. The zero-order chi connectivity index (χ0) is 15.5. The number of anilines is 1. The molecule has 0 aliphatic carbocycles. The summed E-state index contributed by atoms with van der Waals surface area (Å²) in [6.45, 7) is 0.906. The summed E-state index contributed by atoms with van der Waals surface area (Å²) in [5.41, 5.74) is 9.61. The van der Waals surface area contributed by atoms with Crippen molar-refractivity contribution in [3.63, 3.8) is 0 Å². The van der Waals surface area contributed by atoms with E-state index in [1.807, 2.05) is 24.4 Å². The highest BCUT2D eigenvalue weighted by Gasteiger charge is 2.12. The van der Waals surface area contributed by atoms with E-state index in [-0.39, 0.29) is 0 Å². The van der Waals surface area contributed by atoms with Crippen molar-refractivity contribution in [1.82, 2.24) is 9.88 Å². The summed E-state index contributed by atoms with van der Waals surface area (Å²) >= 11 is 1.72. The Balaban J connectivity index is 2.10. The minimum Gasteiger partial charge on any atom is -0.383 e. The number of thiophene rings is 1. The molecule has 0 fully saturated rings. The molecule has 3 nitrogen and oxygen atoms in total. The molecule has 2 N–H and O–H groups in total. The van der Waals surface area contributed by atoms with Crippen LogP contribution in [-0.4, -0.2) is 30.5 Å². The minimum absolute atomic E-state index is 0.597. The number of pyridine rings is 1. The first-order valence-corrected chi connectivity index (χ1v) is 8.07. The van der Waals surface area contributed by atoms with Crippen LogP contribution in [0.1, 0.15) is 5.56 Å². The molecule has 2 heterocycles. The first kappa shape index (κ1) is 14.8. The molecule has 1 aromatic carbocycles. The average molecular weight is 309 g/mol. The number of likely N-dealkylation sites (N-methyl/N-ethyl adjacent to an activating group) is 1. The summed E-state index contributed by atoms with van der Waals surface area (Å²) in [6, 6.07) is 10.3. The summed E-state index contributed by atoms with van der Waals surface area (Å²) in [7, 11) is 4.11. The molecule has 22 heavy (non-hydrogen) atoms. The first-order chi connectivity index (χ1) is 10.7. The molecule has 112 valence electrons. The van der Waals surface area contributed by atoms with Gasteiger partial charge in [-0.15, -0.1) is 11.3 Å². The molecule has 0 aliphatic heterocycles. The number of fused-ring (bicyclic) bond motifs is 1. The topological polar surface area (TPSA) is 42.2 Å². The Hall–Kier alpha value is -2.17. The van der Waals surface area contributed by atoms with Gasteiger partial charge in [0.25, 0.3) is 0 Å². The third-order valence-electron chi connectivity index (χ3n) is 3.50. The van der Waals surface area contributed by atoms with E-state index in [4.69, 9.17) is 5.73 Å². The van der Waals surface area contributed by atoms with Gasteiger partial charge in [-0.1, -0.05) is 42.5 Å². The van der Waals surface area contributed by atoms with E-state index in [9.17, 15) is 0 Å². The highest BCUT2D eigenvalue weighted by Crippen LogP contribution is 2.38. The molecule has 0 aliphatic rings. The summed E-state index contributed by atoms with van der Waals surface area (Å²) in [6.07, 6.45) is 6.13. The highest BCUT2D eigenvalue weighted by molar-refractivity contribution is 7.18. The second kappa shape index (κ2) is 6.30. The Morgan fingerprint density at radius 2 is 2.00 bits per heavy atom. The smallest absolute Gasteiger partial charge is 0.132 e. The van der Waals surface area contributed by atoms with Gasteiger partial charge in [0.1, 0.15) is 5.82 Å². The van der Waals surface area contributed by atoms with Crippen LogP contribution in [0.3, 0.4) is 0 Å². The van der Waals surface area contributed by atoms with E-state index < -0.39 is 0 Å². The molecule has 4 heteroatoms. The van der Waals surface area contributed by atoms with Gasteiger partial charge in [-0.25, -0.2) is 4.98 Å². The second-order valence-corrected chi connectivity index (χ2v) is 6.36. The summed E-state index contributed by atoms with van der Waals surface area (Å²) < 4.78 is 1.20. The lowest BCUT2D eigenvalue weighted by Crippen LogP contribution is -2.10. The molecule has 3 aromatic rings. The summed E-state index contributed by atoms with van der Waals surface area (Å²) in [5.74, 6) is 0.597. The van der Waals surface area contributed by atoms with Crippen molar-refractivity contribution in [1.29, 1.82) is 0 Å². The lowest BCUT2D eigenvalue weighted by atomic mass is 10.0. The first-order valence-electron chi connectivity index (χ1n) is 7.19. The maximum Gasteiger partial charge on any atom is 0.132 e. The molecule has 0 spiro atoms. The maximum absolute atomic E-state index is 6.15. The number of nitrogens with two attached hydrogens (primary N) is 1. The van der Waals surface area contributed by atoms with Crippen LogP contribution >= 0.6 is 11.3 Å². The monoisotopic (exact) mass is 309 g/mol. The standard InChI is InChI=1S/C18H19N3S/c1-21(2)10-6-9-14-11-20-18(19)16-15(12-22-17(14)16)13-7-4-3-5-8-13/h3-9,11-12H,10H2,1-2H3,(H2,19,20). The molecule has 0 unspecified atom stereocenters. The molecule has 3 rings (SSSR count). The Morgan fingerprint density at radius 1 is 1.23 bits per heavy atom. The van der Waals surface area contributed by atoms with Crippen LogP contribution < -0.4 is 5.73 Å². The minimum atomic E-state index is 0.597. The zero-order valence-corrected chi connectivity index (χ0v) is 13.6. The van der Waals surface area contributed by atoms with Gasteiger partial charge in [-0.2, -0.15) is 0 Å². The van der Waals surface area contributed by atoms with Crippen molar-refractivity contribution >= 4 is 33.3 Å². The molecule has 0 atom stereocenters. The fraction of sp³-hybridized carbons (Fsp3) is 0.167. The van der Waals surface area contributed by atoms with Gasteiger partial charge in [-0.3, -0.25) is 0 Å². The zero-order valence-electron chi connectivity index (χ0n) is 12.8. The van der Waals surface area contributed by atoms with Gasteiger partial charge < -0.3 is 10.6 Å². The maximum atomic E-state index is 6.15. The number of hydrogen-bond acceptors (Lipinski definition) is 4. The molecular formula is C18H19N3S. The molecule has 0 saturated carbocycles. The van der Waals surface area contributed by atoms with Crippen LogP contribution in [0, 0.1) is 0 Å². The Morgan fingerprint density at radius 3 is 2.73 bits per heavy atom. The number of nitrogens with zero attached hydrogens (tertiary/aromatic N) is 2. The normalized spacial score (nSPS) is 11.8. The number of aromatic nitrogens is 1. The molecule has 0 radical (unpaired) electrons. The van der Waals surface area contributed by atoms with E-state index in [1.165, 1.54) is 10.3 Å². The predicted molar refractivity (Wildman–Crippen MR) is 97.1 cm³/mol. The Bertz CT molecular complexity index is 804. The van der Waals surface area contributed by atoms with Crippen LogP contribution in [0.5, 0.6) is 0 Å². The molecule has 0 amide bonds. The van der Waals surface area contributed by atoms with Crippen molar-refractivity contribution < 1.29 is 0 Å². The van der Waals surface area contributed by atoms with E-state index in [2.05, 4.69) is 53.6 Å². The van der Waals surface area contributed by atoms with Crippen LogP contribution in [0.25, 0.3) is 27.3 Å². The van der Waals surface area contributed by atoms with Crippen molar-refractivity contribution in [3.8, 4) is 11.1 Å². The fourth-order valence-electron chi connectivity index (χ4n) is 2.43. The van der Waals surface area contributed by atoms with Crippen LogP contribution in [0.2, 0.25) is 0 Å². The Kier molecular flexibility index (Phi) is 4.22. The number of benzene rings is 1. The van der Waals surface area contributed by atoms with Gasteiger partial charge >= 0.3 is 0 Å². The van der Waals surface area contributed by atoms with E-state index in [0.29, 0.717) is 5.82 Å². The molecule has 0 saturated heterocycles. The van der Waals surface area contributed by atoms with E-state index >= 15 is 0 Å². The third-order valence-corrected chi connectivity index (χ3v) is 4.53. The quantitative estimate of drug-likeness (QED) is 0.788. The summed E-state index contributed by atoms with van der Waals surface area (Å²) in [4.78, 5) is 6.51. The summed E-state index contributed by atoms with van der Waals surface area (Å²) in [5, 5.41) is 3.23. The predicted octanol–water partition coefficient (Wildman–Crippen LogP) is 4.12. The lowest BCUT2D eigenvalue weighted by Gasteiger charge is -2.05. The van der Waals surface area contributed by atoms with Gasteiger partial charge in [0.05, 0.1) is 0 Å². The molecule has 0 bridgehead atoms. The van der Waals surface area contributed by atoms with Crippen molar-refractivity contribution in [2.75, 3.05) is 26.4 Å².